The molecular formula is C25H22F2N2O3. The number of amides is 1. The fraction of sp³-hybridized carbons (Fsp3) is 0.200. The van der Waals surface area contributed by atoms with E-state index in [1.54, 1.807) is 30.2 Å². The van der Waals surface area contributed by atoms with E-state index >= 15 is 0 Å². The number of ether oxygens (including phenoxy) is 1. The van der Waals surface area contributed by atoms with Gasteiger partial charge in [-0.3, -0.25) is 4.79 Å². The van der Waals surface area contributed by atoms with Crippen LogP contribution in [0.2, 0.25) is 0 Å². The summed E-state index contributed by atoms with van der Waals surface area (Å²) in [6.45, 7) is 0.510. The molecule has 0 radical (unpaired) electrons. The number of halogens is 2. The van der Waals surface area contributed by atoms with Crippen LogP contribution in [0.25, 0.3) is 0 Å². The Morgan fingerprint density at radius 3 is 2.56 bits per heavy atom. The Kier molecular flexibility index (Phi) is 6.44. The standard InChI is InChI=1S/C25H22F2N2O3/c1-31-22-10-2-5-17(11-22)15-29(25(30)19-7-4-9-21(27)13-19)16-23-14-24(28-32-23)18-6-3-8-20(26)12-18/h2-13,23H,14-16H2,1H3/t23-/m0/s1. The van der Waals surface area contributed by atoms with Gasteiger partial charge in [0.15, 0.2) is 6.10 Å². The molecule has 1 aliphatic rings. The van der Waals surface area contributed by atoms with Crippen molar-refractivity contribution in [3.05, 3.63) is 101 Å². The van der Waals surface area contributed by atoms with Crippen LogP contribution in [0.5, 0.6) is 5.75 Å². The van der Waals surface area contributed by atoms with Crippen LogP contribution in [0.3, 0.4) is 0 Å². The van der Waals surface area contributed by atoms with E-state index in [-0.39, 0.29) is 30.4 Å². The van der Waals surface area contributed by atoms with Crippen LogP contribution in [-0.4, -0.2) is 36.3 Å². The van der Waals surface area contributed by atoms with E-state index in [4.69, 9.17) is 9.57 Å². The number of hydrogen-bond donors (Lipinski definition) is 0. The largest absolute Gasteiger partial charge is 0.497 e. The number of carbonyl (C=O) groups excluding carboxylic acids is 1. The van der Waals surface area contributed by atoms with E-state index in [0.29, 0.717) is 23.4 Å². The quantitative estimate of drug-likeness (QED) is 0.534. The number of oxime groups is 1. The van der Waals surface area contributed by atoms with Gasteiger partial charge in [0.2, 0.25) is 0 Å². The lowest BCUT2D eigenvalue weighted by atomic mass is 10.0. The van der Waals surface area contributed by atoms with E-state index in [9.17, 15) is 13.6 Å². The first-order valence-corrected chi connectivity index (χ1v) is 10.2. The molecule has 1 heterocycles. The van der Waals surface area contributed by atoms with Crippen LogP contribution in [0.4, 0.5) is 8.78 Å². The summed E-state index contributed by atoms with van der Waals surface area (Å²) in [6, 6.07) is 19.1. The molecule has 0 saturated carbocycles. The monoisotopic (exact) mass is 436 g/mol. The van der Waals surface area contributed by atoms with Crippen molar-refractivity contribution < 1.29 is 23.1 Å². The van der Waals surface area contributed by atoms with Gasteiger partial charge in [0.05, 0.1) is 19.4 Å². The Hall–Kier alpha value is -3.74. The molecule has 4 rings (SSSR count). The van der Waals surface area contributed by atoms with Gasteiger partial charge in [-0.05, 0) is 48.0 Å². The van der Waals surface area contributed by atoms with Gasteiger partial charge in [-0.2, -0.15) is 0 Å². The molecule has 1 amide bonds. The minimum atomic E-state index is -0.481. The second-order valence-electron chi connectivity index (χ2n) is 7.53. The Bertz CT molecular complexity index is 1150. The average Bonchev–Trinajstić information content (AvgIpc) is 3.27. The first-order valence-electron chi connectivity index (χ1n) is 10.2. The second-order valence-corrected chi connectivity index (χ2v) is 7.53. The molecule has 0 N–H and O–H groups in total. The van der Waals surface area contributed by atoms with Crippen molar-refractivity contribution in [2.45, 2.75) is 19.1 Å². The molecule has 7 heteroatoms. The summed E-state index contributed by atoms with van der Waals surface area (Å²) < 4.78 is 32.6. The van der Waals surface area contributed by atoms with Gasteiger partial charge in [0.25, 0.3) is 5.91 Å². The summed E-state index contributed by atoms with van der Waals surface area (Å²) in [6.07, 6.45) is 0.0190. The minimum Gasteiger partial charge on any atom is -0.497 e. The molecule has 0 aliphatic carbocycles. The predicted molar refractivity (Wildman–Crippen MR) is 117 cm³/mol. The Labute approximate surface area is 184 Å². The van der Waals surface area contributed by atoms with Crippen molar-refractivity contribution in [1.29, 1.82) is 0 Å². The van der Waals surface area contributed by atoms with Gasteiger partial charge < -0.3 is 14.5 Å². The molecule has 0 aromatic heterocycles. The summed E-state index contributed by atoms with van der Waals surface area (Å²) in [7, 11) is 1.58. The highest BCUT2D eigenvalue weighted by Gasteiger charge is 2.28. The van der Waals surface area contributed by atoms with Crippen molar-refractivity contribution in [3.8, 4) is 5.75 Å². The maximum atomic E-state index is 13.7. The lowest BCUT2D eigenvalue weighted by molar-refractivity contribution is 0.0405. The molecular weight excluding hydrogens is 414 g/mol. The van der Waals surface area contributed by atoms with E-state index in [0.717, 1.165) is 5.56 Å². The molecule has 3 aromatic carbocycles. The summed E-state index contributed by atoms with van der Waals surface area (Å²) in [5.41, 5.74) is 2.37. The van der Waals surface area contributed by atoms with Gasteiger partial charge in [-0.1, -0.05) is 35.5 Å². The first-order chi connectivity index (χ1) is 15.5. The highest BCUT2D eigenvalue weighted by molar-refractivity contribution is 6.01. The topological polar surface area (TPSA) is 51.1 Å². The van der Waals surface area contributed by atoms with Crippen molar-refractivity contribution in [2.75, 3.05) is 13.7 Å². The minimum absolute atomic E-state index is 0.231. The van der Waals surface area contributed by atoms with Gasteiger partial charge in [0.1, 0.15) is 17.4 Å². The fourth-order valence-electron chi connectivity index (χ4n) is 3.63. The maximum Gasteiger partial charge on any atom is 0.254 e. The zero-order chi connectivity index (χ0) is 22.5. The van der Waals surface area contributed by atoms with Gasteiger partial charge >= 0.3 is 0 Å². The Morgan fingerprint density at radius 2 is 1.81 bits per heavy atom. The smallest absolute Gasteiger partial charge is 0.254 e. The summed E-state index contributed by atoms with van der Waals surface area (Å²) >= 11 is 0. The SMILES string of the molecule is COc1cccc(CN(C[C@@H]2CC(c3cccc(F)c3)=NO2)C(=O)c2cccc(F)c2)c1. The molecule has 5 nitrogen and oxygen atoms in total. The van der Waals surface area contributed by atoms with Crippen LogP contribution in [0.1, 0.15) is 27.9 Å². The van der Waals surface area contributed by atoms with Gasteiger partial charge in [0, 0.05) is 24.1 Å². The zero-order valence-electron chi connectivity index (χ0n) is 17.5. The molecule has 0 unspecified atom stereocenters. The van der Waals surface area contributed by atoms with Crippen molar-refractivity contribution >= 4 is 11.6 Å². The molecule has 0 saturated heterocycles. The average molecular weight is 436 g/mol. The van der Waals surface area contributed by atoms with E-state index < -0.39 is 11.9 Å². The van der Waals surface area contributed by atoms with Crippen LogP contribution in [0.15, 0.2) is 78.0 Å². The molecule has 164 valence electrons. The zero-order valence-corrected chi connectivity index (χ0v) is 17.5. The number of rotatable bonds is 7. The summed E-state index contributed by atoms with van der Waals surface area (Å²) in [5.74, 6) is -0.481. The lowest BCUT2D eigenvalue weighted by Gasteiger charge is -2.25. The number of benzene rings is 3. The first kappa shape index (κ1) is 21.5. The van der Waals surface area contributed by atoms with Crippen molar-refractivity contribution in [2.24, 2.45) is 5.16 Å². The molecule has 3 aromatic rings. The summed E-state index contributed by atoms with van der Waals surface area (Å²) in [5, 5.41) is 4.09. The fourth-order valence-corrected chi connectivity index (χ4v) is 3.63. The molecule has 1 atom stereocenters. The van der Waals surface area contributed by atoms with E-state index in [1.165, 1.54) is 30.3 Å². The van der Waals surface area contributed by atoms with Crippen LogP contribution in [-0.2, 0) is 11.4 Å². The van der Waals surface area contributed by atoms with Crippen molar-refractivity contribution in [3.63, 3.8) is 0 Å². The third-order valence-corrected chi connectivity index (χ3v) is 5.18. The Balaban J connectivity index is 1.53. The van der Waals surface area contributed by atoms with Crippen molar-refractivity contribution in [1.82, 2.24) is 4.90 Å². The van der Waals surface area contributed by atoms with Gasteiger partial charge in [-0.15, -0.1) is 0 Å². The normalized spacial score (nSPS) is 15.1. The molecule has 1 aliphatic heterocycles. The lowest BCUT2D eigenvalue weighted by Crippen LogP contribution is -2.37. The predicted octanol–water partition coefficient (Wildman–Crippen LogP) is 4.81. The highest BCUT2D eigenvalue weighted by Crippen LogP contribution is 2.22. The Morgan fingerprint density at radius 1 is 1.06 bits per heavy atom. The second kappa shape index (κ2) is 9.60. The molecule has 0 fully saturated rings. The highest BCUT2D eigenvalue weighted by atomic mass is 19.1. The molecule has 0 bridgehead atoms. The van der Waals surface area contributed by atoms with Gasteiger partial charge in [-0.25, -0.2) is 8.78 Å². The molecule has 0 spiro atoms. The maximum absolute atomic E-state index is 13.7. The number of carbonyl (C=O) groups is 1. The number of methoxy groups -OCH3 is 1. The van der Waals surface area contributed by atoms with E-state index in [2.05, 4.69) is 5.16 Å². The summed E-state index contributed by atoms with van der Waals surface area (Å²) in [4.78, 5) is 20.4. The van der Waals surface area contributed by atoms with Crippen LogP contribution >= 0.6 is 0 Å². The molecule has 32 heavy (non-hydrogen) atoms. The number of nitrogens with zero attached hydrogens (tertiary/aromatic N) is 2. The third kappa shape index (κ3) is 5.11. The van der Waals surface area contributed by atoms with Crippen LogP contribution in [0, 0.1) is 11.6 Å². The third-order valence-electron chi connectivity index (χ3n) is 5.18. The van der Waals surface area contributed by atoms with Crippen LogP contribution < -0.4 is 4.74 Å². The number of hydrogen-bond acceptors (Lipinski definition) is 4. The van der Waals surface area contributed by atoms with E-state index in [1.807, 2.05) is 24.3 Å².